The molecular weight excluding hydrogens is 166 g/mol. The van der Waals surface area contributed by atoms with Crippen LogP contribution in [-0.2, 0) is 9.59 Å². The third-order valence-electron chi connectivity index (χ3n) is 3.12. The van der Waals surface area contributed by atoms with Gasteiger partial charge in [0.25, 0.3) is 0 Å². The maximum atomic E-state index is 11.6. The lowest BCUT2D eigenvalue weighted by Gasteiger charge is -2.28. The predicted octanol–water partition coefficient (Wildman–Crippen LogP) is 1.02. The van der Waals surface area contributed by atoms with Gasteiger partial charge in [-0.3, -0.25) is 9.59 Å². The molecule has 1 amide bonds. The first-order valence-corrected chi connectivity index (χ1v) is 5.09. The third-order valence-corrected chi connectivity index (χ3v) is 3.12. The Hall–Kier alpha value is -0.860. The first-order chi connectivity index (χ1) is 6.27. The zero-order valence-corrected chi connectivity index (χ0v) is 7.71. The summed E-state index contributed by atoms with van der Waals surface area (Å²) < 4.78 is 0. The van der Waals surface area contributed by atoms with Crippen LogP contribution in [-0.4, -0.2) is 17.7 Å². The number of hydrogen-bond acceptors (Lipinski definition) is 2. The van der Waals surface area contributed by atoms with E-state index >= 15 is 0 Å². The molecule has 0 unspecified atom stereocenters. The standard InChI is InChI=1S/C10H15NO2/c12-9-5-6-10(13)11-8-4-2-1-3-7(8)9/h7-8H,1-6H2,(H,11,13)/t7-,8+/m0/s1. The molecular formula is C10H15NO2. The van der Waals surface area contributed by atoms with E-state index in [1.54, 1.807) is 0 Å². The van der Waals surface area contributed by atoms with Gasteiger partial charge in [0.1, 0.15) is 5.78 Å². The fourth-order valence-electron chi connectivity index (χ4n) is 2.39. The Morgan fingerprint density at radius 2 is 1.85 bits per heavy atom. The lowest BCUT2D eigenvalue weighted by atomic mass is 9.82. The average molecular weight is 181 g/mol. The number of Topliss-reactive ketones (excluding diaryl/α,β-unsaturated/α-hetero) is 1. The van der Waals surface area contributed by atoms with Crippen LogP contribution in [0, 0.1) is 5.92 Å². The molecule has 0 aromatic heterocycles. The second-order valence-corrected chi connectivity index (χ2v) is 4.03. The van der Waals surface area contributed by atoms with Gasteiger partial charge in [-0.2, -0.15) is 0 Å². The number of carbonyl (C=O) groups is 2. The summed E-state index contributed by atoms with van der Waals surface area (Å²) in [4.78, 5) is 22.8. The summed E-state index contributed by atoms with van der Waals surface area (Å²) in [6.45, 7) is 0. The largest absolute Gasteiger partial charge is 0.353 e. The van der Waals surface area contributed by atoms with Gasteiger partial charge in [-0.1, -0.05) is 12.8 Å². The monoisotopic (exact) mass is 181 g/mol. The summed E-state index contributed by atoms with van der Waals surface area (Å²) >= 11 is 0. The molecule has 1 heterocycles. The highest BCUT2D eigenvalue weighted by atomic mass is 16.2. The fraction of sp³-hybridized carbons (Fsp3) is 0.800. The van der Waals surface area contributed by atoms with Crippen LogP contribution < -0.4 is 5.32 Å². The molecule has 1 saturated heterocycles. The fourth-order valence-corrected chi connectivity index (χ4v) is 2.39. The van der Waals surface area contributed by atoms with Crippen molar-refractivity contribution in [2.75, 3.05) is 0 Å². The Morgan fingerprint density at radius 3 is 2.69 bits per heavy atom. The summed E-state index contributed by atoms with van der Waals surface area (Å²) in [5, 5.41) is 2.95. The van der Waals surface area contributed by atoms with Gasteiger partial charge in [-0.25, -0.2) is 0 Å². The van der Waals surface area contributed by atoms with Crippen molar-refractivity contribution in [2.45, 2.75) is 44.6 Å². The van der Waals surface area contributed by atoms with Gasteiger partial charge >= 0.3 is 0 Å². The van der Waals surface area contributed by atoms with E-state index < -0.39 is 0 Å². The van der Waals surface area contributed by atoms with Crippen LogP contribution in [0.4, 0.5) is 0 Å². The second-order valence-electron chi connectivity index (χ2n) is 4.03. The van der Waals surface area contributed by atoms with Gasteiger partial charge in [-0.15, -0.1) is 0 Å². The number of ketones is 1. The van der Waals surface area contributed by atoms with Crippen molar-refractivity contribution in [1.29, 1.82) is 0 Å². The van der Waals surface area contributed by atoms with Crippen LogP contribution in [0.25, 0.3) is 0 Å². The molecule has 2 aliphatic rings. The van der Waals surface area contributed by atoms with E-state index in [9.17, 15) is 9.59 Å². The lowest BCUT2D eigenvalue weighted by molar-refractivity contribution is -0.124. The van der Waals surface area contributed by atoms with Crippen LogP contribution in [0.3, 0.4) is 0 Å². The van der Waals surface area contributed by atoms with Crippen molar-refractivity contribution in [3.05, 3.63) is 0 Å². The maximum absolute atomic E-state index is 11.6. The molecule has 1 aliphatic carbocycles. The minimum absolute atomic E-state index is 0.0581. The smallest absolute Gasteiger partial charge is 0.220 e. The molecule has 13 heavy (non-hydrogen) atoms. The number of hydrogen-bond donors (Lipinski definition) is 1. The minimum Gasteiger partial charge on any atom is -0.353 e. The molecule has 3 heteroatoms. The van der Waals surface area contributed by atoms with Crippen molar-refractivity contribution < 1.29 is 9.59 Å². The second kappa shape index (κ2) is 3.48. The van der Waals surface area contributed by atoms with Gasteiger partial charge in [0, 0.05) is 24.8 Å². The van der Waals surface area contributed by atoms with E-state index in [-0.39, 0.29) is 17.9 Å². The van der Waals surface area contributed by atoms with Crippen molar-refractivity contribution in [2.24, 2.45) is 5.92 Å². The molecule has 0 aromatic carbocycles. The zero-order chi connectivity index (χ0) is 9.26. The molecule has 1 aliphatic heterocycles. The number of fused-ring (bicyclic) bond motifs is 1. The highest BCUT2D eigenvalue weighted by Crippen LogP contribution is 2.28. The number of carbonyl (C=O) groups excluding carboxylic acids is 2. The zero-order valence-electron chi connectivity index (χ0n) is 7.71. The van der Waals surface area contributed by atoms with E-state index in [1.807, 2.05) is 0 Å². The Bertz CT molecular complexity index is 237. The molecule has 0 radical (unpaired) electrons. The average Bonchev–Trinajstić information content (AvgIpc) is 2.27. The molecule has 3 nitrogen and oxygen atoms in total. The normalized spacial score (nSPS) is 34.8. The topological polar surface area (TPSA) is 46.2 Å². The van der Waals surface area contributed by atoms with Crippen molar-refractivity contribution in [1.82, 2.24) is 5.32 Å². The molecule has 2 rings (SSSR count). The Balaban J connectivity index is 2.13. The molecule has 1 N–H and O–H groups in total. The molecule has 0 aromatic rings. The Morgan fingerprint density at radius 1 is 1.08 bits per heavy atom. The van der Waals surface area contributed by atoms with Crippen molar-refractivity contribution >= 4 is 11.7 Å². The first kappa shape index (κ1) is 8.73. The van der Waals surface area contributed by atoms with Crippen molar-refractivity contribution in [3.8, 4) is 0 Å². The summed E-state index contributed by atoms with van der Waals surface area (Å²) in [7, 11) is 0. The Kier molecular flexibility index (Phi) is 2.34. The third kappa shape index (κ3) is 1.74. The van der Waals surface area contributed by atoms with Gasteiger partial charge in [0.05, 0.1) is 0 Å². The lowest BCUT2D eigenvalue weighted by Crippen LogP contribution is -2.42. The molecule has 0 bridgehead atoms. The predicted molar refractivity (Wildman–Crippen MR) is 48.1 cm³/mol. The Labute approximate surface area is 77.9 Å². The van der Waals surface area contributed by atoms with E-state index in [4.69, 9.17) is 0 Å². The number of rotatable bonds is 0. The SMILES string of the molecule is O=C1CCC(=O)[C@H]2CCCC[C@H]2N1. The van der Waals surface area contributed by atoms with Crippen LogP contribution >= 0.6 is 0 Å². The summed E-state index contributed by atoms with van der Waals surface area (Å²) in [5.41, 5.74) is 0. The van der Waals surface area contributed by atoms with Gasteiger partial charge in [0.15, 0.2) is 0 Å². The quantitative estimate of drug-likeness (QED) is 0.606. The van der Waals surface area contributed by atoms with Crippen LogP contribution in [0.15, 0.2) is 0 Å². The van der Waals surface area contributed by atoms with Crippen molar-refractivity contribution in [3.63, 3.8) is 0 Å². The number of amides is 1. The highest BCUT2D eigenvalue weighted by Gasteiger charge is 2.33. The van der Waals surface area contributed by atoms with Crippen LogP contribution in [0.1, 0.15) is 38.5 Å². The van der Waals surface area contributed by atoms with E-state index in [0.717, 1.165) is 25.7 Å². The summed E-state index contributed by atoms with van der Waals surface area (Å²) in [6.07, 6.45) is 5.10. The molecule has 2 atom stereocenters. The van der Waals surface area contributed by atoms with E-state index in [2.05, 4.69) is 5.32 Å². The van der Waals surface area contributed by atoms with Gasteiger partial charge < -0.3 is 5.32 Å². The van der Waals surface area contributed by atoms with Crippen LogP contribution in [0.5, 0.6) is 0 Å². The van der Waals surface area contributed by atoms with E-state index in [1.165, 1.54) is 0 Å². The summed E-state index contributed by atoms with van der Waals surface area (Å²) in [6, 6.07) is 0.149. The van der Waals surface area contributed by atoms with E-state index in [0.29, 0.717) is 18.6 Å². The van der Waals surface area contributed by atoms with Gasteiger partial charge in [-0.05, 0) is 12.8 Å². The molecule has 72 valence electrons. The molecule has 2 fully saturated rings. The molecule has 0 spiro atoms. The maximum Gasteiger partial charge on any atom is 0.220 e. The first-order valence-electron chi connectivity index (χ1n) is 5.09. The molecule has 1 saturated carbocycles. The minimum atomic E-state index is 0.0581. The van der Waals surface area contributed by atoms with Crippen LogP contribution in [0.2, 0.25) is 0 Å². The van der Waals surface area contributed by atoms with Gasteiger partial charge in [0.2, 0.25) is 5.91 Å². The summed E-state index contributed by atoms with van der Waals surface area (Å²) in [5.74, 6) is 0.478. The highest BCUT2D eigenvalue weighted by molar-refractivity contribution is 5.89. The number of nitrogens with one attached hydrogen (secondary N) is 1.